The van der Waals surface area contributed by atoms with E-state index in [1.54, 1.807) is 24.3 Å². The van der Waals surface area contributed by atoms with Crippen molar-refractivity contribution in [2.45, 2.75) is 19.4 Å². The van der Waals surface area contributed by atoms with Crippen LogP contribution >= 0.6 is 11.6 Å². The number of esters is 1. The molecule has 0 aliphatic carbocycles. The lowest BCUT2D eigenvalue weighted by Gasteiger charge is -2.16. The summed E-state index contributed by atoms with van der Waals surface area (Å²) in [6, 6.07) is 15.1. The maximum Gasteiger partial charge on any atom is 0.344 e. The Balaban J connectivity index is 1.75. The fraction of sp³-hybridized carbons (Fsp3) is 0.250. The number of Topliss-reactive ketones (excluding diaryl/α,β-unsaturated/α-hetero) is 1. The van der Waals surface area contributed by atoms with E-state index in [2.05, 4.69) is 5.32 Å². The first-order valence-electron chi connectivity index (χ1n) is 8.32. The number of ether oxygens (including phenoxy) is 2. The first-order chi connectivity index (χ1) is 12.9. The molecule has 2 aromatic rings. The van der Waals surface area contributed by atoms with Crippen LogP contribution in [0.3, 0.4) is 0 Å². The molecule has 0 aromatic heterocycles. The van der Waals surface area contributed by atoms with Crippen LogP contribution in [-0.4, -0.2) is 36.9 Å². The summed E-state index contributed by atoms with van der Waals surface area (Å²) in [7, 11) is 0. The van der Waals surface area contributed by atoms with E-state index in [9.17, 15) is 14.4 Å². The van der Waals surface area contributed by atoms with E-state index in [1.165, 1.54) is 6.92 Å². The Morgan fingerprint density at radius 1 is 1.00 bits per heavy atom. The van der Waals surface area contributed by atoms with Crippen molar-refractivity contribution in [1.82, 2.24) is 5.32 Å². The van der Waals surface area contributed by atoms with Crippen molar-refractivity contribution in [2.75, 3.05) is 13.2 Å². The Kier molecular flexibility index (Phi) is 7.82. The Labute approximate surface area is 162 Å². The highest BCUT2D eigenvalue weighted by atomic mass is 35.5. The minimum atomic E-state index is -0.692. The van der Waals surface area contributed by atoms with Crippen LogP contribution < -0.4 is 10.1 Å². The van der Waals surface area contributed by atoms with Crippen LogP contribution in [0.4, 0.5) is 0 Å². The van der Waals surface area contributed by atoms with Crippen LogP contribution in [-0.2, 0) is 25.5 Å². The Bertz CT molecular complexity index is 777. The SMILES string of the molecule is CC(=O)[C@@H](Cc1ccccc1)NC(=O)COC(=O)COc1ccc(Cl)cc1. The first-order valence-corrected chi connectivity index (χ1v) is 8.69. The van der Waals surface area contributed by atoms with Gasteiger partial charge in [-0.2, -0.15) is 0 Å². The predicted octanol–water partition coefficient (Wildman–Crippen LogP) is 2.58. The lowest BCUT2D eigenvalue weighted by molar-refractivity contribution is -0.150. The first kappa shape index (κ1) is 20.5. The molecule has 1 atom stereocenters. The van der Waals surface area contributed by atoms with E-state index >= 15 is 0 Å². The van der Waals surface area contributed by atoms with Gasteiger partial charge in [0.25, 0.3) is 5.91 Å². The standard InChI is InChI=1S/C20H20ClNO5/c1-14(23)18(11-15-5-3-2-4-6-15)22-19(24)12-27-20(25)13-26-17-9-7-16(21)8-10-17/h2-10,18H,11-13H2,1H3,(H,22,24)/t18-/m1/s1. The largest absolute Gasteiger partial charge is 0.482 e. The van der Waals surface area contributed by atoms with Gasteiger partial charge in [0.1, 0.15) is 5.75 Å². The third-order valence-electron chi connectivity index (χ3n) is 3.64. The molecule has 0 heterocycles. The van der Waals surface area contributed by atoms with Gasteiger partial charge in [-0.25, -0.2) is 4.79 Å². The molecule has 1 N–H and O–H groups in total. The highest BCUT2D eigenvalue weighted by Crippen LogP contribution is 2.15. The quantitative estimate of drug-likeness (QED) is 0.666. The fourth-order valence-corrected chi connectivity index (χ4v) is 2.37. The van der Waals surface area contributed by atoms with Crippen LogP contribution in [0.25, 0.3) is 0 Å². The maximum absolute atomic E-state index is 12.0. The normalized spacial score (nSPS) is 11.3. The number of amides is 1. The van der Waals surface area contributed by atoms with Gasteiger partial charge in [0, 0.05) is 5.02 Å². The molecule has 0 saturated carbocycles. The summed E-state index contributed by atoms with van der Waals surface area (Å²) < 4.78 is 10.1. The zero-order chi connectivity index (χ0) is 19.6. The zero-order valence-electron chi connectivity index (χ0n) is 14.8. The predicted molar refractivity (Wildman–Crippen MR) is 101 cm³/mol. The van der Waals surface area contributed by atoms with Gasteiger partial charge in [0.05, 0.1) is 6.04 Å². The van der Waals surface area contributed by atoms with E-state index in [4.69, 9.17) is 21.1 Å². The minimum absolute atomic E-state index is 0.176. The second-order valence-corrected chi connectivity index (χ2v) is 6.26. The van der Waals surface area contributed by atoms with Crippen LogP contribution in [0.1, 0.15) is 12.5 Å². The summed E-state index contributed by atoms with van der Waals surface area (Å²) in [5.41, 5.74) is 0.923. The smallest absolute Gasteiger partial charge is 0.344 e. The molecule has 0 aliphatic rings. The maximum atomic E-state index is 12.0. The number of hydrogen-bond donors (Lipinski definition) is 1. The van der Waals surface area contributed by atoms with Gasteiger partial charge in [-0.15, -0.1) is 0 Å². The van der Waals surface area contributed by atoms with E-state index in [0.29, 0.717) is 17.2 Å². The number of carbonyl (C=O) groups excluding carboxylic acids is 3. The molecule has 0 saturated heterocycles. The molecule has 0 aliphatic heterocycles. The molecule has 0 radical (unpaired) electrons. The number of ketones is 1. The molecule has 27 heavy (non-hydrogen) atoms. The van der Waals surface area contributed by atoms with Crippen molar-refractivity contribution in [1.29, 1.82) is 0 Å². The third kappa shape index (κ3) is 7.50. The molecule has 6 nitrogen and oxygen atoms in total. The lowest BCUT2D eigenvalue weighted by Crippen LogP contribution is -2.43. The van der Waals surface area contributed by atoms with Gasteiger partial charge >= 0.3 is 5.97 Å². The molecule has 0 fully saturated rings. The molecule has 1 amide bonds. The monoisotopic (exact) mass is 389 g/mol. The number of rotatable bonds is 9. The zero-order valence-corrected chi connectivity index (χ0v) is 15.6. The van der Waals surface area contributed by atoms with Gasteiger partial charge in [-0.05, 0) is 43.2 Å². The summed E-state index contributed by atoms with van der Waals surface area (Å²) >= 11 is 5.76. The third-order valence-corrected chi connectivity index (χ3v) is 3.90. The van der Waals surface area contributed by atoms with Crippen LogP contribution in [0, 0.1) is 0 Å². The molecular formula is C20H20ClNO5. The Morgan fingerprint density at radius 3 is 2.30 bits per heavy atom. The Morgan fingerprint density at radius 2 is 1.67 bits per heavy atom. The van der Waals surface area contributed by atoms with E-state index < -0.39 is 24.5 Å². The van der Waals surface area contributed by atoms with Crippen molar-refractivity contribution in [3.63, 3.8) is 0 Å². The average molecular weight is 390 g/mol. The topological polar surface area (TPSA) is 81.7 Å². The van der Waals surface area contributed by atoms with Crippen LogP contribution in [0.5, 0.6) is 5.75 Å². The molecule has 7 heteroatoms. The number of hydrogen-bond acceptors (Lipinski definition) is 5. The van der Waals surface area contributed by atoms with Crippen molar-refractivity contribution >= 4 is 29.3 Å². The molecule has 0 unspecified atom stereocenters. The van der Waals surface area contributed by atoms with Crippen molar-refractivity contribution < 1.29 is 23.9 Å². The van der Waals surface area contributed by atoms with Crippen LogP contribution in [0.2, 0.25) is 5.02 Å². The summed E-state index contributed by atoms with van der Waals surface area (Å²) in [6.45, 7) is 0.580. The molecule has 2 aromatic carbocycles. The van der Waals surface area contributed by atoms with E-state index in [0.717, 1.165) is 5.56 Å². The molecule has 2 rings (SSSR count). The summed E-state index contributed by atoms with van der Waals surface area (Å²) in [6.07, 6.45) is 0.371. The van der Waals surface area contributed by atoms with Gasteiger partial charge in [-0.3, -0.25) is 9.59 Å². The van der Waals surface area contributed by atoms with Crippen molar-refractivity contribution in [3.8, 4) is 5.75 Å². The lowest BCUT2D eigenvalue weighted by atomic mass is 10.0. The molecule has 142 valence electrons. The van der Waals surface area contributed by atoms with E-state index in [-0.39, 0.29) is 12.4 Å². The molecule has 0 spiro atoms. The second kappa shape index (κ2) is 10.3. The second-order valence-electron chi connectivity index (χ2n) is 5.82. The molecule has 0 bridgehead atoms. The summed E-state index contributed by atoms with van der Waals surface area (Å²) in [5, 5.41) is 3.13. The number of nitrogens with one attached hydrogen (secondary N) is 1. The highest BCUT2D eigenvalue weighted by Gasteiger charge is 2.18. The van der Waals surface area contributed by atoms with Crippen molar-refractivity contribution in [3.05, 3.63) is 65.2 Å². The number of benzene rings is 2. The molecular weight excluding hydrogens is 370 g/mol. The van der Waals surface area contributed by atoms with Crippen molar-refractivity contribution in [2.24, 2.45) is 0 Å². The Hall–Kier alpha value is -2.86. The van der Waals surface area contributed by atoms with Gasteiger partial charge in [0.15, 0.2) is 19.0 Å². The van der Waals surface area contributed by atoms with Gasteiger partial charge in [0.2, 0.25) is 0 Å². The van der Waals surface area contributed by atoms with Gasteiger partial charge in [-0.1, -0.05) is 41.9 Å². The van der Waals surface area contributed by atoms with Crippen LogP contribution in [0.15, 0.2) is 54.6 Å². The van der Waals surface area contributed by atoms with Gasteiger partial charge < -0.3 is 14.8 Å². The minimum Gasteiger partial charge on any atom is -0.482 e. The summed E-state index contributed by atoms with van der Waals surface area (Å²) in [4.78, 5) is 35.4. The number of carbonyl (C=O) groups is 3. The summed E-state index contributed by atoms with van der Waals surface area (Å²) in [5.74, 6) is -0.960. The average Bonchev–Trinajstić information content (AvgIpc) is 2.66. The highest BCUT2D eigenvalue weighted by molar-refractivity contribution is 6.30. The van der Waals surface area contributed by atoms with E-state index in [1.807, 2.05) is 30.3 Å². The fourth-order valence-electron chi connectivity index (χ4n) is 2.24. The number of halogens is 1.